The Labute approximate surface area is 101 Å². The molecule has 1 aromatic rings. The molecule has 2 nitrogen and oxygen atoms in total. The van der Waals surface area contributed by atoms with Gasteiger partial charge in [0, 0.05) is 4.90 Å². The van der Waals surface area contributed by atoms with E-state index >= 15 is 0 Å². The van der Waals surface area contributed by atoms with E-state index in [9.17, 15) is 4.79 Å². The van der Waals surface area contributed by atoms with Crippen molar-refractivity contribution in [3.63, 3.8) is 0 Å². The van der Waals surface area contributed by atoms with Gasteiger partial charge in [-0.05, 0) is 41.9 Å². The summed E-state index contributed by atoms with van der Waals surface area (Å²) in [6.07, 6.45) is 1.15. The van der Waals surface area contributed by atoms with Gasteiger partial charge in [0.25, 0.3) is 0 Å². The fourth-order valence-electron chi connectivity index (χ4n) is 1.17. The third-order valence-electron chi connectivity index (χ3n) is 2.22. The van der Waals surface area contributed by atoms with Gasteiger partial charge >= 0.3 is 5.97 Å². The second kappa shape index (κ2) is 5.39. The molecule has 0 aliphatic rings. The number of carbonyl (C=O) groups is 1. The van der Waals surface area contributed by atoms with Crippen LogP contribution in [0.25, 0.3) is 0 Å². The minimum atomic E-state index is -0.869. The smallest absolute Gasteiger partial charge is 0.335 e. The molecular weight excluding hydrogens is 220 g/mol. The fraction of sp³-hybridized carbons (Fsp3) is 0.462. The highest BCUT2D eigenvalue weighted by Gasteiger charge is 2.09. The maximum atomic E-state index is 10.7. The molecule has 0 aliphatic carbocycles. The predicted octanol–water partition coefficient (Wildman–Crippen LogP) is 3.91. The Hall–Kier alpha value is -0.960. The molecule has 0 bridgehead atoms. The van der Waals surface area contributed by atoms with E-state index in [0.29, 0.717) is 11.0 Å². The average molecular weight is 238 g/mol. The number of aromatic carboxylic acids is 1. The van der Waals surface area contributed by atoms with Crippen LogP contribution in [0, 0.1) is 5.41 Å². The molecule has 0 heterocycles. The molecule has 0 atom stereocenters. The molecule has 0 saturated heterocycles. The van der Waals surface area contributed by atoms with E-state index in [1.807, 2.05) is 12.1 Å². The number of carboxylic acid groups (broad SMARTS) is 1. The molecule has 0 radical (unpaired) electrons. The van der Waals surface area contributed by atoms with Gasteiger partial charge in [-0.25, -0.2) is 4.79 Å². The summed E-state index contributed by atoms with van der Waals surface area (Å²) in [6, 6.07) is 7.05. The molecule has 0 amide bonds. The van der Waals surface area contributed by atoms with E-state index in [-0.39, 0.29) is 0 Å². The summed E-state index contributed by atoms with van der Waals surface area (Å²) < 4.78 is 0. The van der Waals surface area contributed by atoms with Gasteiger partial charge in [-0.15, -0.1) is 11.8 Å². The first kappa shape index (κ1) is 13.1. The van der Waals surface area contributed by atoms with Gasteiger partial charge in [0.15, 0.2) is 0 Å². The third kappa shape index (κ3) is 4.71. The molecular formula is C13H18O2S. The molecule has 0 aliphatic heterocycles. The quantitative estimate of drug-likeness (QED) is 0.808. The third-order valence-corrected chi connectivity index (χ3v) is 3.24. The first-order valence-corrected chi connectivity index (χ1v) is 6.33. The number of rotatable bonds is 4. The summed E-state index contributed by atoms with van der Waals surface area (Å²) in [5.41, 5.74) is 0.703. The van der Waals surface area contributed by atoms with E-state index in [4.69, 9.17) is 5.11 Å². The molecule has 0 fully saturated rings. The second-order valence-corrected chi connectivity index (χ2v) is 6.16. The molecule has 1 aromatic carbocycles. The van der Waals surface area contributed by atoms with Gasteiger partial charge in [0.2, 0.25) is 0 Å². The second-order valence-electron chi connectivity index (χ2n) is 4.99. The molecule has 1 rings (SSSR count). The van der Waals surface area contributed by atoms with Gasteiger partial charge in [0.1, 0.15) is 0 Å². The van der Waals surface area contributed by atoms with Crippen LogP contribution >= 0.6 is 11.8 Å². The van der Waals surface area contributed by atoms with Crippen molar-refractivity contribution in [2.75, 3.05) is 5.75 Å². The van der Waals surface area contributed by atoms with Crippen molar-refractivity contribution in [3.05, 3.63) is 29.8 Å². The first-order chi connectivity index (χ1) is 7.38. The van der Waals surface area contributed by atoms with Crippen molar-refractivity contribution in [3.8, 4) is 0 Å². The Bertz CT molecular complexity index is 349. The van der Waals surface area contributed by atoms with E-state index in [1.54, 1.807) is 23.9 Å². The van der Waals surface area contributed by atoms with Crippen LogP contribution in [-0.4, -0.2) is 16.8 Å². The summed E-state index contributed by atoms with van der Waals surface area (Å²) in [4.78, 5) is 11.8. The Morgan fingerprint density at radius 2 is 1.81 bits per heavy atom. The molecule has 3 heteroatoms. The zero-order valence-electron chi connectivity index (χ0n) is 9.99. The fourth-order valence-corrected chi connectivity index (χ4v) is 2.45. The minimum absolute atomic E-state index is 0.347. The molecule has 16 heavy (non-hydrogen) atoms. The summed E-state index contributed by atoms with van der Waals surface area (Å²) >= 11 is 1.77. The van der Waals surface area contributed by atoms with Crippen LogP contribution in [0.15, 0.2) is 29.2 Å². The lowest BCUT2D eigenvalue weighted by atomic mass is 9.94. The topological polar surface area (TPSA) is 37.3 Å². The predicted molar refractivity (Wildman–Crippen MR) is 68.2 cm³/mol. The summed E-state index contributed by atoms with van der Waals surface area (Å²) in [5, 5.41) is 8.75. The Morgan fingerprint density at radius 1 is 1.25 bits per heavy atom. The van der Waals surface area contributed by atoms with Crippen LogP contribution in [0.5, 0.6) is 0 Å². The number of hydrogen-bond donors (Lipinski definition) is 1. The van der Waals surface area contributed by atoms with Crippen LogP contribution in [0.3, 0.4) is 0 Å². The van der Waals surface area contributed by atoms with Crippen LogP contribution < -0.4 is 0 Å². The number of benzene rings is 1. The summed E-state index contributed by atoms with van der Waals surface area (Å²) in [6.45, 7) is 6.67. The summed E-state index contributed by atoms with van der Waals surface area (Å²) in [7, 11) is 0. The Kier molecular flexibility index (Phi) is 4.42. The zero-order valence-corrected chi connectivity index (χ0v) is 10.8. The SMILES string of the molecule is CC(C)(C)CCSc1ccc(C(=O)O)cc1. The van der Waals surface area contributed by atoms with Crippen LogP contribution in [-0.2, 0) is 0 Å². The van der Waals surface area contributed by atoms with Crippen molar-refractivity contribution in [1.82, 2.24) is 0 Å². The van der Waals surface area contributed by atoms with Crippen molar-refractivity contribution in [2.45, 2.75) is 32.1 Å². The van der Waals surface area contributed by atoms with Crippen LogP contribution in [0.4, 0.5) is 0 Å². The van der Waals surface area contributed by atoms with E-state index < -0.39 is 5.97 Å². The van der Waals surface area contributed by atoms with Crippen molar-refractivity contribution < 1.29 is 9.90 Å². The summed E-state index contributed by atoms with van der Waals surface area (Å²) in [5.74, 6) is 0.196. The molecule has 1 N–H and O–H groups in total. The normalized spacial score (nSPS) is 11.4. The van der Waals surface area contributed by atoms with Gasteiger partial charge in [-0.3, -0.25) is 0 Å². The highest BCUT2D eigenvalue weighted by atomic mass is 32.2. The molecule has 0 spiro atoms. The lowest BCUT2D eigenvalue weighted by Gasteiger charge is -2.17. The van der Waals surface area contributed by atoms with Gasteiger partial charge in [0.05, 0.1) is 5.56 Å². The standard InChI is InChI=1S/C13H18O2S/c1-13(2,3)8-9-16-11-6-4-10(5-7-11)12(14)15/h4-7H,8-9H2,1-3H3,(H,14,15). The van der Waals surface area contributed by atoms with Gasteiger partial charge in [-0.1, -0.05) is 20.8 Å². The first-order valence-electron chi connectivity index (χ1n) is 5.35. The average Bonchev–Trinajstić information content (AvgIpc) is 2.16. The number of thioether (sulfide) groups is 1. The maximum absolute atomic E-state index is 10.7. The van der Waals surface area contributed by atoms with Crippen molar-refractivity contribution in [2.24, 2.45) is 5.41 Å². The zero-order chi connectivity index (χ0) is 12.2. The van der Waals surface area contributed by atoms with Gasteiger partial charge < -0.3 is 5.11 Å². The Morgan fingerprint density at radius 3 is 2.25 bits per heavy atom. The lowest BCUT2D eigenvalue weighted by Crippen LogP contribution is -2.05. The van der Waals surface area contributed by atoms with E-state index in [2.05, 4.69) is 20.8 Å². The highest BCUT2D eigenvalue weighted by Crippen LogP contribution is 2.25. The lowest BCUT2D eigenvalue weighted by molar-refractivity contribution is 0.0697. The number of hydrogen-bond acceptors (Lipinski definition) is 2. The molecule has 0 saturated carbocycles. The van der Waals surface area contributed by atoms with E-state index in [1.165, 1.54) is 0 Å². The van der Waals surface area contributed by atoms with E-state index in [0.717, 1.165) is 17.1 Å². The van der Waals surface area contributed by atoms with Crippen molar-refractivity contribution in [1.29, 1.82) is 0 Å². The van der Waals surface area contributed by atoms with Crippen LogP contribution in [0.1, 0.15) is 37.6 Å². The van der Waals surface area contributed by atoms with Crippen molar-refractivity contribution >= 4 is 17.7 Å². The molecule has 0 unspecified atom stereocenters. The molecule has 0 aromatic heterocycles. The maximum Gasteiger partial charge on any atom is 0.335 e. The highest BCUT2D eigenvalue weighted by molar-refractivity contribution is 7.99. The Balaban J connectivity index is 2.47. The monoisotopic (exact) mass is 238 g/mol. The minimum Gasteiger partial charge on any atom is -0.478 e. The van der Waals surface area contributed by atoms with Crippen LogP contribution in [0.2, 0.25) is 0 Å². The number of carboxylic acids is 1. The largest absolute Gasteiger partial charge is 0.478 e. The molecule has 88 valence electrons. The van der Waals surface area contributed by atoms with Gasteiger partial charge in [-0.2, -0.15) is 0 Å².